The van der Waals surface area contributed by atoms with Crippen LogP contribution in [-0.2, 0) is 65.4 Å². The Morgan fingerprint density at radius 1 is 0.296 bits per heavy atom. The van der Waals surface area contributed by atoms with E-state index in [1.807, 2.05) is 0 Å². The molecule has 98 heavy (non-hydrogen) atoms. The minimum atomic E-state index is -4.98. The Bertz CT molecular complexity index is 2240. The third kappa shape index (κ3) is 70.4. The van der Waals surface area contributed by atoms with Crippen molar-refractivity contribution in [2.75, 3.05) is 39.6 Å². The number of aliphatic hydroxyl groups excluding tert-OH is 1. The highest BCUT2D eigenvalue weighted by atomic mass is 31.2. The van der Waals surface area contributed by atoms with Crippen LogP contribution in [0, 0.1) is 0 Å². The molecular weight excluding hydrogens is 1280 g/mol. The zero-order chi connectivity index (χ0) is 71.8. The summed E-state index contributed by atoms with van der Waals surface area (Å²) < 4.78 is 68.4. The van der Waals surface area contributed by atoms with Gasteiger partial charge < -0.3 is 33.8 Å². The zero-order valence-corrected chi connectivity index (χ0v) is 63.5. The molecule has 0 rings (SSSR count). The standard InChI is InChI=1S/C79H138O17P2/c1-5-9-13-17-21-25-29-32-35-36-39-41-45-48-52-56-60-64-77(82)89-69-74(95-78(83)65-61-57-53-49-43-28-24-20-16-12-8-4)71-93-97(85,86)91-67-73(80)68-92-98(87,88)94-72-75(96-79(84)66-62-58-54-50-46-42-38-34-31-27-23-19-15-11-7-3)70-90-76(81)63-59-55-51-47-44-40-37-33-30-26-22-18-14-10-6-2/h9-10,13-14,21-22,25-26,32-33,35,37,39,41,44,47,73-75,80H,5-8,11-12,15-20,23-24,27-31,34,36,38,40,42-43,45-46,48-72H2,1-4H3,(H,85,86)(H,87,88)/b13-9-,14-10-,25-21-,26-22-,35-32-,37-33-,41-39-,47-44-. The van der Waals surface area contributed by atoms with E-state index in [9.17, 15) is 43.2 Å². The predicted octanol–water partition coefficient (Wildman–Crippen LogP) is 22.0. The maximum absolute atomic E-state index is 13.1. The summed E-state index contributed by atoms with van der Waals surface area (Å²) in [7, 11) is -9.96. The van der Waals surface area contributed by atoms with Crippen LogP contribution in [0.25, 0.3) is 0 Å². The monoisotopic (exact) mass is 1420 g/mol. The van der Waals surface area contributed by atoms with Gasteiger partial charge in [0.15, 0.2) is 12.2 Å². The van der Waals surface area contributed by atoms with Crippen LogP contribution in [0.2, 0.25) is 0 Å². The molecule has 0 amide bonds. The van der Waals surface area contributed by atoms with Crippen molar-refractivity contribution in [3.63, 3.8) is 0 Å². The molecule has 5 atom stereocenters. The number of phosphoric acid groups is 2. The van der Waals surface area contributed by atoms with Gasteiger partial charge in [0.1, 0.15) is 19.3 Å². The fourth-order valence-electron chi connectivity index (χ4n) is 10.3. The fraction of sp³-hybridized carbons (Fsp3) is 0.747. The first-order chi connectivity index (χ1) is 47.7. The highest BCUT2D eigenvalue weighted by Crippen LogP contribution is 2.45. The lowest BCUT2D eigenvalue weighted by atomic mass is 10.0. The molecule has 0 saturated heterocycles. The van der Waals surface area contributed by atoms with Crippen molar-refractivity contribution in [1.29, 1.82) is 0 Å². The molecule has 0 aliphatic rings. The molecule has 17 nitrogen and oxygen atoms in total. The Morgan fingerprint density at radius 2 is 0.531 bits per heavy atom. The molecule has 0 fully saturated rings. The first-order valence-electron chi connectivity index (χ1n) is 38.5. The average molecular weight is 1420 g/mol. The van der Waals surface area contributed by atoms with Gasteiger partial charge in [-0.1, -0.05) is 292 Å². The Hall–Kier alpha value is -4.02. The van der Waals surface area contributed by atoms with Gasteiger partial charge in [-0.05, 0) is 103 Å². The summed E-state index contributed by atoms with van der Waals surface area (Å²) in [5.41, 5.74) is 0. The number of allylic oxidation sites excluding steroid dienone is 16. The molecule has 19 heteroatoms. The maximum Gasteiger partial charge on any atom is 0.472 e. The SMILES string of the molecule is CC/C=C\C/C=C\C/C=C\C/C=C\CCCCCCC(=O)OCC(COP(=O)(O)OCC(O)COP(=O)(O)OCC(COC(=O)CCCC/C=C\C/C=C\C/C=C\C/C=C\CC)OC(=O)CCCCCCCCCCCCCCCCC)OC(=O)CCCCCCCCCCCCC. The van der Waals surface area contributed by atoms with Gasteiger partial charge in [0.05, 0.1) is 26.4 Å². The molecule has 0 aromatic heterocycles. The molecule has 566 valence electrons. The molecular formula is C79H138O17P2. The van der Waals surface area contributed by atoms with Crippen LogP contribution in [0.5, 0.6) is 0 Å². The normalized spacial score (nSPS) is 14.5. The minimum absolute atomic E-state index is 0.0892. The third-order valence-corrected chi connectivity index (χ3v) is 18.0. The van der Waals surface area contributed by atoms with E-state index in [4.69, 9.17) is 37.0 Å². The fourth-order valence-corrected chi connectivity index (χ4v) is 11.8. The smallest absolute Gasteiger partial charge is 0.462 e. The maximum atomic E-state index is 13.1. The van der Waals surface area contributed by atoms with Crippen molar-refractivity contribution < 1.29 is 80.2 Å². The number of carbonyl (C=O) groups is 4. The topological polar surface area (TPSA) is 237 Å². The summed E-state index contributed by atoms with van der Waals surface area (Å²) in [6, 6.07) is 0. The Balaban J connectivity index is 5.35. The largest absolute Gasteiger partial charge is 0.472 e. The number of aliphatic hydroxyl groups is 1. The number of hydrogen-bond donors (Lipinski definition) is 3. The third-order valence-electron chi connectivity index (χ3n) is 16.1. The van der Waals surface area contributed by atoms with E-state index in [1.165, 1.54) is 103 Å². The Kier molecular flexibility index (Phi) is 68.4. The zero-order valence-electron chi connectivity index (χ0n) is 61.7. The summed E-state index contributed by atoms with van der Waals surface area (Å²) in [6.45, 7) is 4.60. The van der Waals surface area contributed by atoms with Crippen molar-refractivity contribution in [2.45, 2.75) is 341 Å². The number of unbranched alkanes of at least 4 members (excludes halogenated alkanes) is 30. The first kappa shape index (κ1) is 94.0. The van der Waals surface area contributed by atoms with Crippen molar-refractivity contribution >= 4 is 39.5 Å². The Labute approximate surface area is 595 Å². The first-order valence-corrected chi connectivity index (χ1v) is 41.5. The lowest BCUT2D eigenvalue weighted by molar-refractivity contribution is -0.161. The van der Waals surface area contributed by atoms with Crippen molar-refractivity contribution in [1.82, 2.24) is 0 Å². The molecule has 0 saturated carbocycles. The van der Waals surface area contributed by atoms with E-state index >= 15 is 0 Å². The lowest BCUT2D eigenvalue weighted by Gasteiger charge is -2.21. The van der Waals surface area contributed by atoms with Gasteiger partial charge in [0.25, 0.3) is 0 Å². The van der Waals surface area contributed by atoms with Crippen molar-refractivity contribution in [3.8, 4) is 0 Å². The van der Waals surface area contributed by atoms with Crippen LogP contribution in [0.3, 0.4) is 0 Å². The van der Waals surface area contributed by atoms with Crippen LogP contribution < -0.4 is 0 Å². The van der Waals surface area contributed by atoms with E-state index in [-0.39, 0.29) is 25.7 Å². The molecule has 0 heterocycles. The van der Waals surface area contributed by atoms with Gasteiger partial charge in [0, 0.05) is 25.7 Å². The van der Waals surface area contributed by atoms with E-state index < -0.39 is 97.5 Å². The summed E-state index contributed by atoms with van der Waals surface area (Å²) in [5, 5.41) is 10.6. The molecule has 0 bridgehead atoms. The van der Waals surface area contributed by atoms with E-state index in [0.29, 0.717) is 25.7 Å². The molecule has 3 N–H and O–H groups in total. The second-order valence-electron chi connectivity index (χ2n) is 25.5. The van der Waals surface area contributed by atoms with Gasteiger partial charge in [-0.25, -0.2) is 9.13 Å². The summed E-state index contributed by atoms with van der Waals surface area (Å²) in [5.74, 6) is -2.23. The number of carbonyl (C=O) groups excluding carboxylic acids is 4. The molecule has 0 radical (unpaired) electrons. The van der Waals surface area contributed by atoms with Crippen molar-refractivity contribution in [3.05, 3.63) is 97.2 Å². The van der Waals surface area contributed by atoms with Crippen LogP contribution in [-0.4, -0.2) is 96.7 Å². The van der Waals surface area contributed by atoms with Gasteiger partial charge in [0.2, 0.25) is 0 Å². The van der Waals surface area contributed by atoms with Gasteiger partial charge in [-0.3, -0.25) is 37.3 Å². The van der Waals surface area contributed by atoms with Crippen LogP contribution >= 0.6 is 15.6 Å². The van der Waals surface area contributed by atoms with Crippen LogP contribution in [0.4, 0.5) is 0 Å². The second-order valence-corrected chi connectivity index (χ2v) is 28.5. The molecule has 0 spiro atoms. The molecule has 5 unspecified atom stereocenters. The summed E-state index contributed by atoms with van der Waals surface area (Å²) in [4.78, 5) is 72.8. The van der Waals surface area contributed by atoms with Gasteiger partial charge >= 0.3 is 39.5 Å². The molecule has 0 aromatic rings. The van der Waals surface area contributed by atoms with E-state index in [2.05, 4.69) is 125 Å². The highest BCUT2D eigenvalue weighted by molar-refractivity contribution is 7.47. The molecule has 0 aromatic carbocycles. The van der Waals surface area contributed by atoms with Crippen LogP contribution in [0.1, 0.15) is 323 Å². The number of rotatable bonds is 72. The Morgan fingerprint density at radius 3 is 0.837 bits per heavy atom. The van der Waals surface area contributed by atoms with Gasteiger partial charge in [-0.2, -0.15) is 0 Å². The number of phosphoric ester groups is 2. The second kappa shape index (κ2) is 71.4. The number of ether oxygens (including phenoxy) is 4. The summed E-state index contributed by atoms with van der Waals surface area (Å²) >= 11 is 0. The summed E-state index contributed by atoms with van der Waals surface area (Å²) in [6.07, 6.45) is 74.0. The van der Waals surface area contributed by atoms with E-state index in [0.717, 1.165) is 141 Å². The quantitative estimate of drug-likeness (QED) is 0.0169. The van der Waals surface area contributed by atoms with Crippen molar-refractivity contribution in [2.24, 2.45) is 0 Å². The molecule has 0 aliphatic carbocycles. The number of esters is 4. The van der Waals surface area contributed by atoms with Crippen LogP contribution in [0.15, 0.2) is 97.2 Å². The highest BCUT2D eigenvalue weighted by Gasteiger charge is 2.30. The van der Waals surface area contributed by atoms with E-state index in [1.54, 1.807) is 0 Å². The number of hydrogen-bond acceptors (Lipinski definition) is 15. The van der Waals surface area contributed by atoms with Gasteiger partial charge in [-0.15, -0.1) is 0 Å². The predicted molar refractivity (Wildman–Crippen MR) is 399 cm³/mol. The minimum Gasteiger partial charge on any atom is -0.462 e. The average Bonchev–Trinajstić information content (AvgIpc) is 0.986. The lowest BCUT2D eigenvalue weighted by Crippen LogP contribution is -2.30. The molecule has 0 aliphatic heterocycles.